The van der Waals surface area contributed by atoms with Gasteiger partial charge in [-0.05, 0) is 24.6 Å². The van der Waals surface area contributed by atoms with Crippen LogP contribution >= 0.6 is 11.6 Å². The fraction of sp³-hybridized carbons (Fsp3) is 0.417. The van der Waals surface area contributed by atoms with Crippen molar-refractivity contribution >= 4 is 22.6 Å². The normalized spacial score (nSPS) is 11.0. The van der Waals surface area contributed by atoms with Crippen LogP contribution in [0.3, 0.4) is 0 Å². The second-order valence-corrected chi connectivity index (χ2v) is 4.50. The van der Waals surface area contributed by atoms with Crippen LogP contribution in [0.4, 0.5) is 0 Å². The predicted octanol–water partition coefficient (Wildman–Crippen LogP) is 2.32. The summed E-state index contributed by atoms with van der Waals surface area (Å²) in [7, 11) is 4.03. The minimum atomic E-state index is 0.593. The molecule has 0 amide bonds. The van der Waals surface area contributed by atoms with Crippen molar-refractivity contribution < 1.29 is 0 Å². The maximum Gasteiger partial charge on any atom is 0.130 e. The van der Waals surface area contributed by atoms with E-state index in [4.69, 9.17) is 11.6 Å². The number of alkyl halides is 1. The largest absolute Gasteiger partial charge is 0.317 e. The van der Waals surface area contributed by atoms with Gasteiger partial charge in [0.05, 0.1) is 11.0 Å². The third-order valence-corrected chi connectivity index (χ3v) is 2.76. The van der Waals surface area contributed by atoms with Crippen molar-refractivity contribution in [2.75, 3.05) is 25.0 Å². The molecular weight excluding hydrogens is 222 g/mol. The number of nitrogens with zero attached hydrogens (tertiary/aromatic N) is 3. The van der Waals surface area contributed by atoms with Gasteiger partial charge < -0.3 is 5.01 Å². The summed E-state index contributed by atoms with van der Waals surface area (Å²) in [5.41, 5.74) is 3.41. The lowest BCUT2D eigenvalue weighted by molar-refractivity contribution is 0.703. The van der Waals surface area contributed by atoms with Crippen LogP contribution in [0, 0.1) is 6.92 Å². The summed E-state index contributed by atoms with van der Waals surface area (Å²) < 4.78 is 2.12. The molecule has 3 nitrogen and oxygen atoms in total. The monoisotopic (exact) mass is 237 g/mol. The molecule has 0 atom stereocenters. The lowest BCUT2D eigenvalue weighted by Crippen LogP contribution is -2.27. The van der Waals surface area contributed by atoms with Crippen LogP contribution in [0.5, 0.6) is 0 Å². The number of imidazole rings is 1. The van der Waals surface area contributed by atoms with Crippen LogP contribution in [-0.4, -0.2) is 29.6 Å². The average Bonchev–Trinajstić information content (AvgIpc) is 2.55. The molecule has 0 bridgehead atoms. The molecule has 0 N–H and O–H groups in total. The summed E-state index contributed by atoms with van der Waals surface area (Å²) in [4.78, 5) is 4.60. The highest BCUT2D eigenvalue weighted by molar-refractivity contribution is 6.17. The molecule has 0 saturated carbocycles. The van der Waals surface area contributed by atoms with Gasteiger partial charge in [0, 0.05) is 26.4 Å². The Morgan fingerprint density at radius 3 is 2.75 bits per heavy atom. The number of halogens is 1. The Bertz CT molecular complexity index is 502. The standard InChI is InChI=1S/C12H16ClN3/c1-9-4-5-10-11(8-9)16(15(2)3)12(14-10)6-7-13/h4-5,8H,6-7H2,1-3H3. The van der Waals surface area contributed by atoms with E-state index in [0.29, 0.717) is 5.88 Å². The summed E-state index contributed by atoms with van der Waals surface area (Å²) in [5, 5.41) is 2.04. The molecule has 0 aliphatic carbocycles. The van der Waals surface area contributed by atoms with Crippen molar-refractivity contribution in [3.05, 3.63) is 29.6 Å². The molecule has 16 heavy (non-hydrogen) atoms. The summed E-state index contributed by atoms with van der Waals surface area (Å²) in [6, 6.07) is 6.29. The Kier molecular flexibility index (Phi) is 3.06. The van der Waals surface area contributed by atoms with E-state index >= 15 is 0 Å². The summed E-state index contributed by atoms with van der Waals surface area (Å²) in [5.74, 6) is 1.61. The van der Waals surface area contributed by atoms with E-state index in [1.54, 1.807) is 0 Å². The molecular formula is C12H16ClN3. The van der Waals surface area contributed by atoms with Gasteiger partial charge in [-0.25, -0.2) is 9.66 Å². The number of hydrogen-bond acceptors (Lipinski definition) is 2. The number of rotatable bonds is 3. The topological polar surface area (TPSA) is 21.1 Å². The van der Waals surface area contributed by atoms with Crippen LogP contribution in [0.25, 0.3) is 11.0 Å². The van der Waals surface area contributed by atoms with Gasteiger partial charge in [-0.3, -0.25) is 0 Å². The van der Waals surface area contributed by atoms with Crippen molar-refractivity contribution in [2.45, 2.75) is 13.3 Å². The van der Waals surface area contributed by atoms with E-state index in [2.05, 4.69) is 34.8 Å². The first-order chi connectivity index (χ1) is 7.63. The zero-order chi connectivity index (χ0) is 11.7. The molecule has 0 saturated heterocycles. The van der Waals surface area contributed by atoms with Gasteiger partial charge in [0.25, 0.3) is 0 Å². The molecule has 0 aliphatic rings. The first-order valence-corrected chi connectivity index (χ1v) is 5.88. The van der Waals surface area contributed by atoms with Crippen LogP contribution in [0.15, 0.2) is 18.2 Å². The van der Waals surface area contributed by atoms with E-state index < -0.39 is 0 Å². The third-order valence-electron chi connectivity index (χ3n) is 2.57. The van der Waals surface area contributed by atoms with Gasteiger partial charge in [-0.15, -0.1) is 11.6 Å². The molecule has 1 aromatic heterocycles. The number of benzene rings is 1. The minimum Gasteiger partial charge on any atom is -0.317 e. The van der Waals surface area contributed by atoms with Gasteiger partial charge in [-0.2, -0.15) is 0 Å². The van der Waals surface area contributed by atoms with E-state index in [1.807, 2.05) is 19.1 Å². The average molecular weight is 238 g/mol. The zero-order valence-electron chi connectivity index (χ0n) is 9.87. The number of aryl methyl sites for hydroxylation is 2. The van der Waals surface area contributed by atoms with E-state index in [1.165, 1.54) is 5.56 Å². The Balaban J connectivity index is 2.67. The Morgan fingerprint density at radius 1 is 1.38 bits per heavy atom. The summed E-state index contributed by atoms with van der Waals surface area (Å²) >= 11 is 5.80. The maximum atomic E-state index is 5.80. The number of fused-ring (bicyclic) bond motifs is 1. The van der Waals surface area contributed by atoms with Crippen molar-refractivity contribution in [3.63, 3.8) is 0 Å². The summed E-state index contributed by atoms with van der Waals surface area (Å²) in [6.07, 6.45) is 0.785. The lowest BCUT2D eigenvalue weighted by Gasteiger charge is -2.18. The van der Waals surface area contributed by atoms with Crippen LogP contribution in [0.1, 0.15) is 11.4 Å². The molecule has 86 valence electrons. The molecule has 0 radical (unpaired) electrons. The summed E-state index contributed by atoms with van der Waals surface area (Å²) in [6.45, 7) is 2.09. The fourth-order valence-corrected chi connectivity index (χ4v) is 2.08. The van der Waals surface area contributed by atoms with Gasteiger partial charge in [0.15, 0.2) is 0 Å². The van der Waals surface area contributed by atoms with Crippen LogP contribution in [0.2, 0.25) is 0 Å². The highest BCUT2D eigenvalue weighted by Gasteiger charge is 2.11. The van der Waals surface area contributed by atoms with Crippen LogP contribution in [-0.2, 0) is 6.42 Å². The molecule has 0 fully saturated rings. The SMILES string of the molecule is Cc1ccc2nc(CCCl)n(N(C)C)c2c1. The zero-order valence-corrected chi connectivity index (χ0v) is 10.6. The van der Waals surface area contributed by atoms with Crippen molar-refractivity contribution in [1.29, 1.82) is 0 Å². The van der Waals surface area contributed by atoms with Gasteiger partial charge in [0.2, 0.25) is 0 Å². The smallest absolute Gasteiger partial charge is 0.130 e. The van der Waals surface area contributed by atoms with Crippen molar-refractivity contribution in [2.24, 2.45) is 0 Å². The quantitative estimate of drug-likeness (QED) is 0.764. The Morgan fingerprint density at radius 2 is 2.12 bits per heavy atom. The predicted molar refractivity (Wildman–Crippen MR) is 69.0 cm³/mol. The Labute approximate surface area is 101 Å². The molecule has 4 heteroatoms. The van der Waals surface area contributed by atoms with E-state index in [-0.39, 0.29) is 0 Å². The highest BCUT2D eigenvalue weighted by Crippen LogP contribution is 2.18. The maximum absolute atomic E-state index is 5.80. The minimum absolute atomic E-state index is 0.593. The van der Waals surface area contributed by atoms with Gasteiger partial charge in [-0.1, -0.05) is 6.07 Å². The second kappa shape index (κ2) is 4.34. The van der Waals surface area contributed by atoms with Crippen molar-refractivity contribution in [3.8, 4) is 0 Å². The second-order valence-electron chi connectivity index (χ2n) is 4.12. The van der Waals surface area contributed by atoms with E-state index in [9.17, 15) is 0 Å². The third kappa shape index (κ3) is 1.87. The number of hydrogen-bond donors (Lipinski definition) is 0. The molecule has 0 spiro atoms. The fourth-order valence-electron chi connectivity index (χ4n) is 1.92. The van der Waals surface area contributed by atoms with Gasteiger partial charge >= 0.3 is 0 Å². The van der Waals surface area contributed by atoms with Crippen LogP contribution < -0.4 is 5.01 Å². The molecule has 2 rings (SSSR count). The van der Waals surface area contributed by atoms with Crippen molar-refractivity contribution in [1.82, 2.24) is 9.66 Å². The van der Waals surface area contributed by atoms with Gasteiger partial charge in [0.1, 0.15) is 5.82 Å². The first-order valence-electron chi connectivity index (χ1n) is 5.35. The van der Waals surface area contributed by atoms with E-state index in [0.717, 1.165) is 23.3 Å². The lowest BCUT2D eigenvalue weighted by atomic mass is 10.2. The first kappa shape index (κ1) is 11.3. The Hall–Kier alpha value is -1.22. The number of aromatic nitrogens is 2. The molecule has 1 aromatic carbocycles. The molecule has 1 heterocycles. The molecule has 2 aromatic rings. The highest BCUT2D eigenvalue weighted by atomic mass is 35.5. The molecule has 0 aliphatic heterocycles. The molecule has 0 unspecified atom stereocenters.